The van der Waals surface area contributed by atoms with E-state index in [1.165, 1.54) is 23.8 Å². The highest BCUT2D eigenvalue weighted by atomic mass is 14.9. The molecule has 106 valence electrons. The Morgan fingerprint density at radius 1 is 1.20 bits per heavy atom. The summed E-state index contributed by atoms with van der Waals surface area (Å²) in [4.78, 5) is 4.54. The van der Waals surface area contributed by atoms with Crippen LogP contribution in [-0.2, 0) is 6.54 Å². The van der Waals surface area contributed by atoms with Gasteiger partial charge in [-0.3, -0.25) is 4.98 Å². The van der Waals surface area contributed by atoms with Crippen molar-refractivity contribution in [1.82, 2.24) is 10.3 Å². The molecule has 1 N–H and O–H groups in total. The summed E-state index contributed by atoms with van der Waals surface area (Å²) in [5.74, 6) is 0.859. The highest BCUT2D eigenvalue weighted by Gasteiger charge is 2.38. The third kappa shape index (κ3) is 2.85. The van der Waals surface area contributed by atoms with Crippen LogP contribution in [0.1, 0.15) is 39.2 Å². The topological polar surface area (TPSA) is 24.9 Å². The minimum Gasteiger partial charge on any atom is -0.309 e. The van der Waals surface area contributed by atoms with Crippen LogP contribution >= 0.6 is 0 Å². The molecular formula is C18H24N2. The second-order valence-electron chi connectivity index (χ2n) is 7.05. The van der Waals surface area contributed by atoms with E-state index in [9.17, 15) is 0 Å². The van der Waals surface area contributed by atoms with Gasteiger partial charge in [-0.05, 0) is 35.8 Å². The van der Waals surface area contributed by atoms with Crippen LogP contribution < -0.4 is 5.32 Å². The number of benzene rings is 1. The Kier molecular flexibility index (Phi) is 3.51. The lowest BCUT2D eigenvalue weighted by Crippen LogP contribution is -2.41. The molecule has 0 saturated heterocycles. The van der Waals surface area contributed by atoms with Crippen LogP contribution in [-0.4, -0.2) is 11.0 Å². The summed E-state index contributed by atoms with van der Waals surface area (Å²) in [7, 11) is 0. The quantitative estimate of drug-likeness (QED) is 0.901. The first-order valence-corrected chi connectivity index (χ1v) is 7.62. The molecule has 3 rings (SSSR count). The van der Waals surface area contributed by atoms with Gasteiger partial charge < -0.3 is 5.32 Å². The Bertz CT molecular complexity index is 588. The van der Waals surface area contributed by atoms with Crippen molar-refractivity contribution in [2.75, 3.05) is 0 Å². The fourth-order valence-electron chi connectivity index (χ4n) is 3.14. The zero-order valence-electron chi connectivity index (χ0n) is 12.7. The second-order valence-corrected chi connectivity index (χ2v) is 7.05. The predicted octanol–water partition coefficient (Wildman–Crippen LogP) is 4.15. The third-order valence-corrected chi connectivity index (χ3v) is 4.26. The van der Waals surface area contributed by atoms with Gasteiger partial charge in [0.15, 0.2) is 0 Å². The van der Waals surface area contributed by atoms with Gasteiger partial charge in [0.05, 0.1) is 5.52 Å². The summed E-state index contributed by atoms with van der Waals surface area (Å²) in [6.45, 7) is 7.92. The summed E-state index contributed by atoms with van der Waals surface area (Å²) in [6.07, 6.45) is 4.64. The summed E-state index contributed by atoms with van der Waals surface area (Å²) in [5, 5.41) is 5.02. The minimum atomic E-state index is 0.319. The van der Waals surface area contributed by atoms with E-state index in [0.717, 1.165) is 18.0 Å². The first-order valence-electron chi connectivity index (χ1n) is 7.62. The van der Waals surface area contributed by atoms with Crippen LogP contribution in [0.2, 0.25) is 0 Å². The molecule has 1 aromatic heterocycles. The van der Waals surface area contributed by atoms with E-state index in [-0.39, 0.29) is 0 Å². The number of para-hydroxylation sites is 1. The Hall–Kier alpha value is -1.41. The van der Waals surface area contributed by atoms with Crippen molar-refractivity contribution in [1.29, 1.82) is 0 Å². The number of pyridine rings is 1. The molecule has 0 radical (unpaired) electrons. The second kappa shape index (κ2) is 5.17. The number of aromatic nitrogens is 1. The Morgan fingerprint density at radius 3 is 2.65 bits per heavy atom. The summed E-state index contributed by atoms with van der Waals surface area (Å²) in [6, 6.07) is 11.2. The molecule has 1 fully saturated rings. The van der Waals surface area contributed by atoms with Crippen molar-refractivity contribution in [3.63, 3.8) is 0 Å². The van der Waals surface area contributed by atoms with Gasteiger partial charge in [-0.2, -0.15) is 0 Å². The van der Waals surface area contributed by atoms with Gasteiger partial charge >= 0.3 is 0 Å². The maximum absolute atomic E-state index is 4.54. The number of hydrogen-bond donors (Lipinski definition) is 1. The van der Waals surface area contributed by atoms with Crippen LogP contribution in [0.5, 0.6) is 0 Å². The molecule has 1 aromatic carbocycles. The zero-order chi connectivity index (χ0) is 14.2. The SMILES string of the molecule is CC(C)(C)C(NCc1cccc2cccnc12)C1CC1. The number of rotatable bonds is 4. The standard InChI is InChI=1S/C18H24N2/c1-18(2,3)17(14-9-10-14)20-12-15-7-4-6-13-8-5-11-19-16(13)15/h4-8,11,14,17,20H,9-10,12H2,1-3H3. The Balaban J connectivity index is 1.79. The minimum absolute atomic E-state index is 0.319. The molecule has 0 spiro atoms. The van der Waals surface area contributed by atoms with Gasteiger partial charge in [0.1, 0.15) is 0 Å². The van der Waals surface area contributed by atoms with Gasteiger partial charge in [0, 0.05) is 24.2 Å². The molecule has 0 aliphatic heterocycles. The van der Waals surface area contributed by atoms with Gasteiger partial charge in [-0.1, -0.05) is 45.0 Å². The number of fused-ring (bicyclic) bond motifs is 1. The lowest BCUT2D eigenvalue weighted by atomic mass is 9.83. The van der Waals surface area contributed by atoms with E-state index < -0.39 is 0 Å². The summed E-state index contributed by atoms with van der Waals surface area (Å²) < 4.78 is 0. The van der Waals surface area contributed by atoms with E-state index >= 15 is 0 Å². The van der Waals surface area contributed by atoms with Gasteiger partial charge in [-0.25, -0.2) is 0 Å². The summed E-state index contributed by atoms with van der Waals surface area (Å²) in [5.41, 5.74) is 2.75. The van der Waals surface area contributed by atoms with E-state index in [0.29, 0.717) is 11.5 Å². The van der Waals surface area contributed by atoms with Crippen molar-refractivity contribution in [2.24, 2.45) is 11.3 Å². The van der Waals surface area contributed by atoms with Crippen molar-refractivity contribution < 1.29 is 0 Å². The fourth-order valence-corrected chi connectivity index (χ4v) is 3.14. The molecule has 20 heavy (non-hydrogen) atoms. The number of hydrogen-bond acceptors (Lipinski definition) is 2. The highest BCUT2D eigenvalue weighted by molar-refractivity contribution is 5.81. The zero-order valence-corrected chi connectivity index (χ0v) is 12.7. The first kappa shape index (κ1) is 13.6. The van der Waals surface area contributed by atoms with Crippen LogP contribution in [0.15, 0.2) is 36.5 Å². The highest BCUT2D eigenvalue weighted by Crippen LogP contribution is 2.40. The monoisotopic (exact) mass is 268 g/mol. The molecule has 0 bridgehead atoms. The molecule has 1 aliphatic rings. The lowest BCUT2D eigenvalue weighted by molar-refractivity contribution is 0.240. The van der Waals surface area contributed by atoms with Gasteiger partial charge in [-0.15, -0.1) is 0 Å². The smallest absolute Gasteiger partial charge is 0.0746 e. The van der Waals surface area contributed by atoms with E-state index in [1.54, 1.807) is 0 Å². The molecule has 2 aromatic rings. The van der Waals surface area contributed by atoms with Crippen molar-refractivity contribution in [3.05, 3.63) is 42.1 Å². The molecule has 1 heterocycles. The largest absolute Gasteiger partial charge is 0.309 e. The molecule has 1 aliphatic carbocycles. The van der Waals surface area contributed by atoms with Crippen LogP contribution in [0.4, 0.5) is 0 Å². The Morgan fingerprint density at radius 2 is 1.95 bits per heavy atom. The lowest BCUT2D eigenvalue weighted by Gasteiger charge is -2.32. The van der Waals surface area contributed by atoms with Gasteiger partial charge in [0.2, 0.25) is 0 Å². The average molecular weight is 268 g/mol. The summed E-state index contributed by atoms with van der Waals surface area (Å²) >= 11 is 0. The van der Waals surface area contributed by atoms with E-state index in [4.69, 9.17) is 0 Å². The molecule has 1 atom stereocenters. The van der Waals surface area contributed by atoms with Crippen molar-refractivity contribution >= 4 is 10.9 Å². The molecular weight excluding hydrogens is 244 g/mol. The number of nitrogens with zero attached hydrogens (tertiary/aromatic N) is 1. The molecule has 2 nitrogen and oxygen atoms in total. The average Bonchev–Trinajstić information content (AvgIpc) is 3.22. The molecule has 1 saturated carbocycles. The fraction of sp³-hybridized carbons (Fsp3) is 0.500. The van der Waals surface area contributed by atoms with Crippen LogP contribution in [0.25, 0.3) is 10.9 Å². The first-order chi connectivity index (χ1) is 9.55. The van der Waals surface area contributed by atoms with E-state index in [2.05, 4.69) is 55.3 Å². The molecule has 0 amide bonds. The van der Waals surface area contributed by atoms with E-state index in [1.807, 2.05) is 12.3 Å². The maximum Gasteiger partial charge on any atom is 0.0746 e. The Labute approximate surface area is 121 Å². The number of nitrogens with one attached hydrogen (secondary N) is 1. The molecule has 2 heteroatoms. The van der Waals surface area contributed by atoms with Gasteiger partial charge in [0.25, 0.3) is 0 Å². The molecule has 1 unspecified atom stereocenters. The van der Waals surface area contributed by atoms with Crippen molar-refractivity contribution in [2.45, 2.75) is 46.2 Å². The third-order valence-electron chi connectivity index (χ3n) is 4.26. The van der Waals surface area contributed by atoms with Crippen LogP contribution in [0, 0.1) is 11.3 Å². The van der Waals surface area contributed by atoms with Crippen molar-refractivity contribution in [3.8, 4) is 0 Å². The van der Waals surface area contributed by atoms with Crippen LogP contribution in [0.3, 0.4) is 0 Å². The normalized spacial score (nSPS) is 17.4. The predicted molar refractivity (Wildman–Crippen MR) is 84.5 cm³/mol. The maximum atomic E-state index is 4.54.